The standard InChI is InChI=1S/C29H23FN4O2.C21H18FN3O2/c1-19-29(36-18-21-5-10-25(32-2)11-6-21)26(17-35)24(15-33-19)16-34-28-12-9-23(13-27(28)30)22-7-3-20(14-31)4-8-22;1-13-21(27)18(12-26)17(10-24-13)11-25-20-7-6-16(8-19(20)22)15-4-2-14(9-23)3-5-15/h3-13,15,34-35H,16-18H2,1H3;2-8,10,25-27H,11-12H2,1H3. The van der Waals surface area contributed by atoms with Crippen LogP contribution >= 0.6 is 0 Å². The molecule has 63 heavy (non-hydrogen) atoms. The van der Waals surface area contributed by atoms with E-state index in [2.05, 4.69) is 37.6 Å². The number of aliphatic hydroxyl groups is 2. The number of nitriles is 2. The van der Waals surface area contributed by atoms with Crippen LogP contribution in [-0.2, 0) is 32.9 Å². The first-order chi connectivity index (χ1) is 30.5. The van der Waals surface area contributed by atoms with Gasteiger partial charge in [0, 0.05) is 36.6 Å². The first-order valence-corrected chi connectivity index (χ1v) is 19.6. The van der Waals surface area contributed by atoms with Crippen LogP contribution in [0.15, 0.2) is 122 Å². The van der Waals surface area contributed by atoms with E-state index in [4.69, 9.17) is 21.8 Å². The molecule has 5 aromatic carbocycles. The summed E-state index contributed by atoms with van der Waals surface area (Å²) in [7, 11) is 0. The molecule has 0 saturated heterocycles. The molecule has 0 amide bonds. The maximum atomic E-state index is 14.8. The van der Waals surface area contributed by atoms with Crippen molar-refractivity contribution in [1.82, 2.24) is 9.97 Å². The van der Waals surface area contributed by atoms with Crippen molar-refractivity contribution in [2.24, 2.45) is 0 Å². The third-order valence-corrected chi connectivity index (χ3v) is 10.2. The molecule has 7 rings (SSSR count). The number of halogens is 2. The predicted octanol–water partition coefficient (Wildman–Crippen LogP) is 10.2. The fraction of sp³-hybridized carbons (Fsp3) is 0.140. The maximum absolute atomic E-state index is 14.8. The molecular weight excluding hydrogens is 801 g/mol. The van der Waals surface area contributed by atoms with E-state index in [0.717, 1.165) is 16.7 Å². The van der Waals surface area contributed by atoms with Crippen LogP contribution in [0.5, 0.6) is 11.5 Å². The van der Waals surface area contributed by atoms with Gasteiger partial charge < -0.3 is 30.7 Å². The number of pyridine rings is 2. The predicted molar refractivity (Wildman–Crippen MR) is 236 cm³/mol. The molecule has 0 aliphatic rings. The summed E-state index contributed by atoms with van der Waals surface area (Å²) in [5.74, 6) is -0.398. The van der Waals surface area contributed by atoms with Crippen LogP contribution in [0.3, 0.4) is 0 Å². The highest BCUT2D eigenvalue weighted by Crippen LogP contribution is 2.30. The Morgan fingerprint density at radius 2 is 1.11 bits per heavy atom. The fourth-order valence-electron chi connectivity index (χ4n) is 6.56. The normalized spacial score (nSPS) is 10.4. The number of aliphatic hydroxyl groups excluding tert-OH is 2. The summed E-state index contributed by atoms with van der Waals surface area (Å²) in [4.78, 5) is 11.9. The molecule has 0 spiro atoms. The number of nitrogens with zero attached hydrogens (tertiary/aromatic N) is 5. The van der Waals surface area contributed by atoms with Crippen molar-refractivity contribution in [3.63, 3.8) is 0 Å². The smallest absolute Gasteiger partial charge is 0.187 e. The zero-order chi connectivity index (χ0) is 44.9. The van der Waals surface area contributed by atoms with Crippen LogP contribution < -0.4 is 15.4 Å². The van der Waals surface area contributed by atoms with E-state index in [9.17, 15) is 24.1 Å². The molecular formula is C50H41F2N7O4. The van der Waals surface area contributed by atoms with Gasteiger partial charge in [-0.15, -0.1) is 0 Å². The van der Waals surface area contributed by atoms with Gasteiger partial charge in [0.2, 0.25) is 0 Å². The Bertz CT molecular complexity index is 2850. The summed E-state index contributed by atoms with van der Waals surface area (Å²) < 4.78 is 35.3. The van der Waals surface area contributed by atoms with Crippen molar-refractivity contribution in [2.75, 3.05) is 10.6 Å². The minimum atomic E-state index is -0.424. The minimum absolute atomic E-state index is 0.0477. The third-order valence-electron chi connectivity index (χ3n) is 10.2. The Kier molecular flexibility index (Phi) is 14.7. The molecule has 13 heteroatoms. The van der Waals surface area contributed by atoms with E-state index in [0.29, 0.717) is 78.7 Å². The molecule has 314 valence electrons. The number of aryl methyl sites for hydroxylation is 2. The minimum Gasteiger partial charge on any atom is -0.506 e. The number of ether oxygens (including phenoxy) is 1. The van der Waals surface area contributed by atoms with Crippen molar-refractivity contribution in [2.45, 2.75) is 46.8 Å². The number of aromatic nitrogens is 2. The molecule has 0 fully saturated rings. The summed E-state index contributed by atoms with van der Waals surface area (Å²) in [6.07, 6.45) is 3.20. The molecule has 11 nitrogen and oxygen atoms in total. The molecule has 0 unspecified atom stereocenters. The lowest BCUT2D eigenvalue weighted by Crippen LogP contribution is -2.09. The summed E-state index contributed by atoms with van der Waals surface area (Å²) in [6, 6.07) is 34.8. The summed E-state index contributed by atoms with van der Waals surface area (Å²) >= 11 is 0. The van der Waals surface area contributed by atoms with E-state index in [1.807, 2.05) is 12.1 Å². The molecule has 0 radical (unpaired) electrons. The van der Waals surface area contributed by atoms with E-state index < -0.39 is 11.6 Å². The Balaban J connectivity index is 0.000000219. The van der Waals surface area contributed by atoms with Crippen molar-refractivity contribution in [3.8, 4) is 45.9 Å². The molecule has 0 bridgehead atoms. The summed E-state index contributed by atoms with van der Waals surface area (Å²) in [5, 5.41) is 53.4. The van der Waals surface area contributed by atoms with Gasteiger partial charge >= 0.3 is 0 Å². The van der Waals surface area contributed by atoms with Crippen LogP contribution in [0.2, 0.25) is 0 Å². The number of benzene rings is 5. The SMILES string of the molecule is Cc1ncc(CNc2ccc(-c3ccc(C#N)cc3)cc2F)c(CO)c1O.[C-]#[N+]c1ccc(COc2c(C)ncc(CNc3ccc(-c4ccc(C#N)cc4)cc3F)c2CO)cc1. The maximum Gasteiger partial charge on any atom is 0.187 e. The largest absolute Gasteiger partial charge is 0.506 e. The van der Waals surface area contributed by atoms with Crippen LogP contribution in [0.1, 0.15) is 50.3 Å². The van der Waals surface area contributed by atoms with Gasteiger partial charge in [-0.1, -0.05) is 60.7 Å². The van der Waals surface area contributed by atoms with E-state index in [1.165, 1.54) is 12.1 Å². The van der Waals surface area contributed by atoms with Crippen LogP contribution in [0.4, 0.5) is 25.8 Å². The van der Waals surface area contributed by atoms with Gasteiger partial charge in [0.05, 0.1) is 65.8 Å². The zero-order valence-corrected chi connectivity index (χ0v) is 34.3. The third kappa shape index (κ3) is 11.0. The van der Waals surface area contributed by atoms with Crippen molar-refractivity contribution >= 4 is 17.1 Å². The monoisotopic (exact) mass is 841 g/mol. The Morgan fingerprint density at radius 3 is 1.56 bits per heavy atom. The number of hydrogen-bond donors (Lipinski definition) is 5. The molecule has 0 saturated carbocycles. The van der Waals surface area contributed by atoms with Crippen LogP contribution in [0.25, 0.3) is 27.1 Å². The second-order valence-electron chi connectivity index (χ2n) is 14.2. The lowest BCUT2D eigenvalue weighted by Gasteiger charge is -2.17. The van der Waals surface area contributed by atoms with Crippen molar-refractivity contribution in [1.29, 1.82) is 10.5 Å². The molecule has 0 aliphatic heterocycles. The zero-order valence-electron chi connectivity index (χ0n) is 34.3. The average molecular weight is 842 g/mol. The molecule has 0 atom stereocenters. The summed E-state index contributed by atoms with van der Waals surface area (Å²) in [5.41, 5.74) is 9.51. The van der Waals surface area contributed by atoms with Gasteiger partial charge in [-0.25, -0.2) is 13.6 Å². The average Bonchev–Trinajstić information content (AvgIpc) is 3.32. The van der Waals surface area contributed by atoms with Gasteiger partial charge in [0.1, 0.15) is 29.7 Å². The summed E-state index contributed by atoms with van der Waals surface area (Å²) in [6.45, 7) is 10.6. The lowest BCUT2D eigenvalue weighted by atomic mass is 10.0. The van der Waals surface area contributed by atoms with Gasteiger partial charge in [-0.3, -0.25) is 9.97 Å². The second kappa shape index (κ2) is 20.9. The van der Waals surface area contributed by atoms with Gasteiger partial charge in [0.15, 0.2) is 5.69 Å². The first-order valence-electron chi connectivity index (χ1n) is 19.6. The number of rotatable bonds is 13. The van der Waals surface area contributed by atoms with Crippen LogP contribution in [-0.4, -0.2) is 25.3 Å². The Hall–Kier alpha value is -8.15. The molecule has 2 heterocycles. The van der Waals surface area contributed by atoms with E-state index >= 15 is 0 Å². The Labute approximate surface area is 363 Å². The quantitative estimate of drug-likeness (QED) is 0.0704. The van der Waals surface area contributed by atoms with Gasteiger partial charge in [-0.2, -0.15) is 10.5 Å². The van der Waals surface area contributed by atoms with Crippen molar-refractivity contribution in [3.05, 3.63) is 195 Å². The fourth-order valence-corrected chi connectivity index (χ4v) is 6.56. The van der Waals surface area contributed by atoms with Crippen LogP contribution in [0, 0.1) is 54.7 Å². The number of nitrogens with one attached hydrogen (secondary N) is 2. The Morgan fingerprint density at radius 1 is 0.651 bits per heavy atom. The molecule has 0 aliphatic carbocycles. The van der Waals surface area contributed by atoms with Crippen molar-refractivity contribution < 1.29 is 28.8 Å². The van der Waals surface area contributed by atoms with E-state index in [1.54, 1.807) is 111 Å². The molecule has 2 aromatic heterocycles. The molecule has 7 aromatic rings. The topological polar surface area (TPSA) is 172 Å². The highest BCUT2D eigenvalue weighted by atomic mass is 19.1. The van der Waals surface area contributed by atoms with E-state index in [-0.39, 0.29) is 38.7 Å². The highest BCUT2D eigenvalue weighted by molar-refractivity contribution is 5.68. The van der Waals surface area contributed by atoms with Gasteiger partial charge in [0.25, 0.3) is 0 Å². The number of anilines is 2. The number of hydrogen-bond acceptors (Lipinski definition) is 10. The van der Waals surface area contributed by atoms with Gasteiger partial charge in [-0.05, 0) is 101 Å². The molecule has 5 N–H and O–H groups in total. The highest BCUT2D eigenvalue weighted by Gasteiger charge is 2.16. The lowest BCUT2D eigenvalue weighted by molar-refractivity contribution is 0.256. The first kappa shape index (κ1) is 44.4. The second-order valence-corrected chi connectivity index (χ2v) is 14.2. The number of aromatic hydroxyl groups is 1.